The Bertz CT molecular complexity index is 694. The quantitative estimate of drug-likeness (QED) is 0.386. The molecule has 0 saturated carbocycles. The number of carbonyl (C=O) groups is 1. The van der Waals surface area contributed by atoms with Gasteiger partial charge < -0.3 is 24.6 Å². The number of nitro benzene ring substituents is 1. The van der Waals surface area contributed by atoms with Crippen LogP contribution < -0.4 is 4.74 Å². The fourth-order valence-corrected chi connectivity index (χ4v) is 4.17. The van der Waals surface area contributed by atoms with Gasteiger partial charge in [-0.15, -0.1) is 11.8 Å². The number of phenols is 1. The van der Waals surface area contributed by atoms with Crippen molar-refractivity contribution < 1.29 is 29.4 Å². The average Bonchev–Trinajstić information content (AvgIpc) is 3.02. The van der Waals surface area contributed by atoms with Crippen LogP contribution in [0.4, 0.5) is 5.69 Å². The number of β-amino-alcohol motifs (C(OH)–C–C–N with tert-alkyl or cyclic N) is 1. The molecule has 150 valence electrons. The standard InChI is InChI=1S/C17H24N2O7S/c1-4-26-17(27-5-2)13-6-10(20)9-18(13)16(22)11-7-15(25-3)14(21)8-12(11)19(23)24/h7-8,10,13,17,20-21H,4-6,9H2,1-3H3/t10-,13+,17?/m1/s1. The number of nitro groups is 1. The highest BCUT2D eigenvalue weighted by Gasteiger charge is 2.41. The molecule has 1 heterocycles. The fraction of sp³-hybridized carbons (Fsp3) is 0.588. The van der Waals surface area contributed by atoms with E-state index in [1.165, 1.54) is 23.8 Å². The smallest absolute Gasteiger partial charge is 0.286 e. The number of likely N-dealkylation sites (tertiary alicyclic amines) is 1. The van der Waals surface area contributed by atoms with Gasteiger partial charge in [0.15, 0.2) is 11.5 Å². The van der Waals surface area contributed by atoms with Crippen LogP contribution in [-0.2, 0) is 4.74 Å². The van der Waals surface area contributed by atoms with Crippen LogP contribution in [0.5, 0.6) is 11.5 Å². The van der Waals surface area contributed by atoms with E-state index in [2.05, 4.69) is 0 Å². The number of ether oxygens (including phenoxy) is 2. The van der Waals surface area contributed by atoms with E-state index in [9.17, 15) is 25.1 Å². The third-order valence-corrected chi connectivity index (χ3v) is 5.39. The summed E-state index contributed by atoms with van der Waals surface area (Å²) >= 11 is 1.51. The maximum Gasteiger partial charge on any atom is 0.286 e. The fourth-order valence-electron chi connectivity index (χ4n) is 3.13. The van der Waals surface area contributed by atoms with E-state index < -0.39 is 34.4 Å². The summed E-state index contributed by atoms with van der Waals surface area (Å²) in [5.74, 6) is -0.313. The Hall–Kier alpha value is -2.04. The van der Waals surface area contributed by atoms with Gasteiger partial charge in [-0.25, -0.2) is 0 Å². The molecule has 0 bridgehead atoms. The Balaban J connectivity index is 2.43. The summed E-state index contributed by atoms with van der Waals surface area (Å²) in [6.45, 7) is 4.30. The van der Waals surface area contributed by atoms with E-state index in [0.717, 1.165) is 17.9 Å². The minimum Gasteiger partial charge on any atom is -0.504 e. The number of aliphatic hydroxyl groups excluding tert-OH is 1. The van der Waals surface area contributed by atoms with Crippen LogP contribution in [0.2, 0.25) is 0 Å². The topological polar surface area (TPSA) is 122 Å². The van der Waals surface area contributed by atoms with E-state index in [1.54, 1.807) is 0 Å². The van der Waals surface area contributed by atoms with Gasteiger partial charge >= 0.3 is 0 Å². The van der Waals surface area contributed by atoms with Gasteiger partial charge in [0.25, 0.3) is 11.6 Å². The molecule has 1 amide bonds. The Morgan fingerprint density at radius 3 is 2.74 bits per heavy atom. The minimum atomic E-state index is -0.738. The second kappa shape index (κ2) is 9.25. The van der Waals surface area contributed by atoms with Crippen molar-refractivity contribution in [1.82, 2.24) is 4.90 Å². The van der Waals surface area contributed by atoms with Crippen molar-refractivity contribution >= 4 is 23.4 Å². The van der Waals surface area contributed by atoms with Crippen LogP contribution in [0.3, 0.4) is 0 Å². The van der Waals surface area contributed by atoms with E-state index in [-0.39, 0.29) is 23.3 Å². The molecule has 1 aromatic carbocycles. The largest absolute Gasteiger partial charge is 0.504 e. The van der Waals surface area contributed by atoms with Crippen molar-refractivity contribution in [3.05, 3.63) is 27.8 Å². The van der Waals surface area contributed by atoms with Gasteiger partial charge in [0.05, 0.1) is 30.2 Å². The Kier molecular flexibility index (Phi) is 7.28. The highest BCUT2D eigenvalue weighted by molar-refractivity contribution is 7.99. The van der Waals surface area contributed by atoms with E-state index in [4.69, 9.17) is 9.47 Å². The van der Waals surface area contributed by atoms with Crippen molar-refractivity contribution in [2.24, 2.45) is 0 Å². The zero-order valence-electron chi connectivity index (χ0n) is 15.5. The number of phenolic OH excluding ortho intramolecular Hbond substituents is 1. The molecule has 0 aliphatic carbocycles. The number of aromatic hydroxyl groups is 1. The second-order valence-electron chi connectivity index (χ2n) is 5.99. The molecule has 9 nitrogen and oxygen atoms in total. The molecular weight excluding hydrogens is 376 g/mol. The Labute approximate surface area is 161 Å². The molecule has 1 aliphatic rings. The lowest BCUT2D eigenvalue weighted by atomic mass is 10.1. The van der Waals surface area contributed by atoms with Gasteiger partial charge in [0.2, 0.25) is 0 Å². The lowest BCUT2D eigenvalue weighted by Crippen LogP contribution is -2.43. The first-order valence-electron chi connectivity index (χ1n) is 8.61. The number of nitrogens with zero attached hydrogens (tertiary/aromatic N) is 2. The number of carbonyl (C=O) groups excluding carboxylic acids is 1. The monoisotopic (exact) mass is 400 g/mol. The van der Waals surface area contributed by atoms with Crippen molar-refractivity contribution in [2.45, 2.75) is 37.9 Å². The molecule has 1 saturated heterocycles. The predicted molar refractivity (Wildman–Crippen MR) is 100 cm³/mol. The van der Waals surface area contributed by atoms with Crippen molar-refractivity contribution in [2.75, 3.05) is 26.0 Å². The van der Waals surface area contributed by atoms with Crippen LogP contribution in [0.25, 0.3) is 0 Å². The maximum absolute atomic E-state index is 13.1. The molecule has 27 heavy (non-hydrogen) atoms. The zero-order valence-corrected chi connectivity index (χ0v) is 16.3. The van der Waals surface area contributed by atoms with Gasteiger partial charge in [0.1, 0.15) is 11.0 Å². The lowest BCUT2D eigenvalue weighted by Gasteiger charge is -2.30. The van der Waals surface area contributed by atoms with E-state index in [0.29, 0.717) is 13.0 Å². The normalized spacial score (nSPS) is 20.5. The van der Waals surface area contributed by atoms with Crippen LogP contribution in [-0.4, -0.2) is 69.5 Å². The van der Waals surface area contributed by atoms with Gasteiger partial charge in [-0.05, 0) is 19.1 Å². The van der Waals surface area contributed by atoms with Crippen LogP contribution in [0.15, 0.2) is 12.1 Å². The molecule has 1 aliphatic heterocycles. The molecule has 0 spiro atoms. The van der Waals surface area contributed by atoms with Gasteiger partial charge in [-0.3, -0.25) is 14.9 Å². The predicted octanol–water partition coefficient (Wildman–Crippen LogP) is 2.00. The van der Waals surface area contributed by atoms with E-state index in [1.807, 2.05) is 13.8 Å². The summed E-state index contributed by atoms with van der Waals surface area (Å²) in [6.07, 6.45) is -0.413. The van der Waals surface area contributed by atoms with Crippen LogP contribution >= 0.6 is 11.8 Å². The Morgan fingerprint density at radius 1 is 1.48 bits per heavy atom. The highest BCUT2D eigenvalue weighted by atomic mass is 32.2. The molecule has 2 rings (SSSR count). The summed E-state index contributed by atoms with van der Waals surface area (Å²) in [6, 6.07) is 1.63. The molecule has 3 atom stereocenters. The Morgan fingerprint density at radius 2 is 2.19 bits per heavy atom. The summed E-state index contributed by atoms with van der Waals surface area (Å²) < 4.78 is 10.7. The van der Waals surface area contributed by atoms with Crippen molar-refractivity contribution in [1.29, 1.82) is 0 Å². The van der Waals surface area contributed by atoms with Crippen molar-refractivity contribution in [3.63, 3.8) is 0 Å². The number of amides is 1. The number of rotatable bonds is 8. The van der Waals surface area contributed by atoms with Gasteiger partial charge in [-0.1, -0.05) is 6.92 Å². The maximum atomic E-state index is 13.1. The number of aliphatic hydroxyl groups is 1. The molecule has 1 aromatic rings. The summed E-state index contributed by atoms with van der Waals surface area (Å²) in [4.78, 5) is 25.2. The number of benzene rings is 1. The van der Waals surface area contributed by atoms with Gasteiger partial charge in [-0.2, -0.15) is 0 Å². The third kappa shape index (κ3) is 4.63. The molecule has 10 heteroatoms. The molecule has 0 aromatic heterocycles. The summed E-state index contributed by atoms with van der Waals surface area (Å²) in [7, 11) is 1.29. The highest BCUT2D eigenvalue weighted by Crippen LogP contribution is 2.36. The SMILES string of the molecule is CCOC(SCC)[C@@H]1C[C@@H](O)CN1C(=O)c1cc(OC)c(O)cc1[N+](=O)[O-]. The summed E-state index contributed by atoms with van der Waals surface area (Å²) in [5.41, 5.74) is -1.07. The van der Waals surface area contributed by atoms with Crippen LogP contribution in [0, 0.1) is 10.1 Å². The molecule has 2 N–H and O–H groups in total. The first kappa shape index (κ1) is 21.3. The first-order valence-corrected chi connectivity index (χ1v) is 9.66. The molecule has 0 radical (unpaired) electrons. The van der Waals surface area contributed by atoms with E-state index >= 15 is 0 Å². The molecule has 1 unspecified atom stereocenters. The molecular formula is C17H24N2O7S. The summed E-state index contributed by atoms with van der Waals surface area (Å²) in [5, 5.41) is 31.3. The van der Waals surface area contributed by atoms with Crippen LogP contribution in [0.1, 0.15) is 30.6 Å². The second-order valence-corrected chi connectivity index (χ2v) is 7.37. The first-order chi connectivity index (χ1) is 12.8. The third-order valence-electron chi connectivity index (χ3n) is 4.28. The number of methoxy groups -OCH3 is 1. The number of hydrogen-bond acceptors (Lipinski definition) is 8. The molecule has 1 fully saturated rings. The zero-order chi connectivity index (χ0) is 20.1. The lowest BCUT2D eigenvalue weighted by molar-refractivity contribution is -0.385. The number of hydrogen-bond donors (Lipinski definition) is 2. The van der Waals surface area contributed by atoms with Gasteiger partial charge in [0, 0.05) is 19.2 Å². The number of thioether (sulfide) groups is 1. The average molecular weight is 400 g/mol. The van der Waals surface area contributed by atoms with Crippen molar-refractivity contribution in [3.8, 4) is 11.5 Å². The minimum absolute atomic E-state index is 0.0375.